The second kappa shape index (κ2) is 5.26. The van der Waals surface area contributed by atoms with Crippen LogP contribution in [0.4, 0.5) is 0 Å². The Morgan fingerprint density at radius 3 is 2.90 bits per heavy atom. The molecule has 0 aliphatic rings. The van der Waals surface area contributed by atoms with Crippen LogP contribution in [0.5, 0.6) is 0 Å². The van der Waals surface area contributed by atoms with E-state index in [1.54, 1.807) is 11.4 Å². The summed E-state index contributed by atoms with van der Waals surface area (Å²) in [6.07, 6.45) is 0. The van der Waals surface area contributed by atoms with Crippen molar-refractivity contribution in [3.63, 3.8) is 0 Å². The van der Waals surface area contributed by atoms with Crippen molar-refractivity contribution in [2.24, 2.45) is 0 Å². The maximum Gasteiger partial charge on any atom is 0.263 e. The molecule has 0 radical (unpaired) electrons. The van der Waals surface area contributed by atoms with E-state index in [2.05, 4.69) is 15.3 Å². The van der Waals surface area contributed by atoms with Gasteiger partial charge in [0.2, 0.25) is 0 Å². The Labute approximate surface area is 124 Å². The predicted octanol–water partition coefficient (Wildman–Crippen LogP) is 3.77. The lowest BCUT2D eigenvalue weighted by Crippen LogP contribution is -2.26. The van der Waals surface area contributed by atoms with Crippen molar-refractivity contribution in [3.8, 4) is 0 Å². The van der Waals surface area contributed by atoms with Crippen LogP contribution in [-0.2, 0) is 0 Å². The van der Waals surface area contributed by atoms with E-state index < -0.39 is 0 Å². The second-order valence-electron chi connectivity index (χ2n) is 4.43. The number of para-hydroxylation sites is 2. The Kier molecular flexibility index (Phi) is 3.46. The second-order valence-corrected chi connectivity index (χ2v) is 5.76. The molecule has 2 aromatic heterocycles. The van der Waals surface area contributed by atoms with E-state index in [1.165, 1.54) is 11.3 Å². The van der Waals surface area contributed by atoms with Crippen LogP contribution in [0.3, 0.4) is 0 Å². The molecule has 2 heterocycles. The predicted molar refractivity (Wildman–Crippen MR) is 81.3 cm³/mol. The quantitative estimate of drug-likeness (QED) is 0.774. The molecule has 4 nitrogen and oxygen atoms in total. The summed E-state index contributed by atoms with van der Waals surface area (Å²) in [4.78, 5) is 20.3. The molecule has 0 spiro atoms. The van der Waals surface area contributed by atoms with E-state index >= 15 is 0 Å². The van der Waals surface area contributed by atoms with Gasteiger partial charge in [0.25, 0.3) is 5.91 Å². The maximum atomic E-state index is 12.1. The first-order valence-electron chi connectivity index (χ1n) is 6.13. The van der Waals surface area contributed by atoms with E-state index in [-0.39, 0.29) is 11.9 Å². The number of fused-ring (bicyclic) bond motifs is 1. The number of carbonyl (C=O) groups is 1. The first-order valence-corrected chi connectivity index (χ1v) is 7.39. The standard InChI is InChI=1S/C14H12ClN3OS/c1-8(16-14(19)12-9(15)6-7-20-12)13-17-10-4-2-3-5-11(10)18-13/h2-8H,1H3,(H,16,19)(H,17,18). The molecule has 0 bridgehead atoms. The lowest BCUT2D eigenvalue weighted by Gasteiger charge is -2.10. The van der Waals surface area contributed by atoms with Gasteiger partial charge in [-0.1, -0.05) is 23.7 Å². The van der Waals surface area contributed by atoms with E-state index in [0.717, 1.165) is 16.9 Å². The van der Waals surface area contributed by atoms with Crippen molar-refractivity contribution >= 4 is 39.9 Å². The molecule has 1 amide bonds. The van der Waals surface area contributed by atoms with Gasteiger partial charge in [0, 0.05) is 0 Å². The summed E-state index contributed by atoms with van der Waals surface area (Å²) < 4.78 is 0. The van der Waals surface area contributed by atoms with Gasteiger partial charge in [-0.25, -0.2) is 4.98 Å². The molecule has 3 aromatic rings. The van der Waals surface area contributed by atoms with Crippen LogP contribution in [-0.4, -0.2) is 15.9 Å². The fourth-order valence-electron chi connectivity index (χ4n) is 1.96. The third kappa shape index (κ3) is 2.42. The number of H-pyrrole nitrogens is 1. The molecule has 20 heavy (non-hydrogen) atoms. The Bertz CT molecular complexity index is 731. The van der Waals surface area contributed by atoms with Crippen molar-refractivity contribution in [1.82, 2.24) is 15.3 Å². The van der Waals surface area contributed by atoms with Gasteiger partial charge >= 0.3 is 0 Å². The number of imidazole rings is 1. The Balaban J connectivity index is 1.80. The minimum Gasteiger partial charge on any atom is -0.342 e. The summed E-state index contributed by atoms with van der Waals surface area (Å²) in [6, 6.07) is 9.26. The number of aromatic nitrogens is 2. The van der Waals surface area contributed by atoms with E-state index in [9.17, 15) is 4.79 Å². The van der Waals surface area contributed by atoms with Gasteiger partial charge in [0.1, 0.15) is 10.7 Å². The van der Waals surface area contributed by atoms with Gasteiger partial charge in [-0.3, -0.25) is 4.79 Å². The largest absolute Gasteiger partial charge is 0.342 e. The number of nitrogens with zero attached hydrogens (tertiary/aromatic N) is 1. The SMILES string of the molecule is CC(NC(=O)c1sccc1Cl)c1nc2ccccc2[nH]1. The lowest BCUT2D eigenvalue weighted by atomic mass is 10.3. The zero-order valence-corrected chi connectivity index (χ0v) is 12.3. The molecule has 0 saturated heterocycles. The molecule has 0 aliphatic heterocycles. The first-order chi connectivity index (χ1) is 9.65. The van der Waals surface area contributed by atoms with Crippen LogP contribution in [0, 0.1) is 0 Å². The molecule has 1 atom stereocenters. The van der Waals surface area contributed by atoms with Crippen molar-refractivity contribution < 1.29 is 4.79 Å². The Morgan fingerprint density at radius 2 is 2.20 bits per heavy atom. The zero-order valence-electron chi connectivity index (χ0n) is 10.7. The molecule has 0 aliphatic carbocycles. The van der Waals surface area contributed by atoms with Gasteiger partial charge in [-0.05, 0) is 30.5 Å². The molecule has 6 heteroatoms. The number of benzene rings is 1. The summed E-state index contributed by atoms with van der Waals surface area (Å²) in [7, 11) is 0. The Hall–Kier alpha value is -1.85. The highest BCUT2D eigenvalue weighted by Crippen LogP contribution is 2.23. The molecule has 0 fully saturated rings. The molecule has 3 rings (SSSR count). The van der Waals surface area contributed by atoms with Crippen molar-refractivity contribution in [2.75, 3.05) is 0 Å². The summed E-state index contributed by atoms with van der Waals surface area (Å²) in [5.74, 6) is 0.546. The third-order valence-electron chi connectivity index (χ3n) is 2.99. The summed E-state index contributed by atoms with van der Waals surface area (Å²) in [6.45, 7) is 1.89. The highest BCUT2D eigenvalue weighted by Gasteiger charge is 2.17. The van der Waals surface area contributed by atoms with Crippen molar-refractivity contribution in [3.05, 3.63) is 51.4 Å². The van der Waals surface area contributed by atoms with Crippen LogP contribution in [0.1, 0.15) is 28.5 Å². The molecule has 1 unspecified atom stereocenters. The van der Waals surface area contributed by atoms with Crippen molar-refractivity contribution in [1.29, 1.82) is 0 Å². The summed E-state index contributed by atoms with van der Waals surface area (Å²) in [5.41, 5.74) is 1.84. The van der Waals surface area contributed by atoms with Gasteiger partial charge < -0.3 is 10.3 Å². The highest BCUT2D eigenvalue weighted by molar-refractivity contribution is 7.12. The number of rotatable bonds is 3. The summed E-state index contributed by atoms with van der Waals surface area (Å²) in [5, 5.41) is 5.16. The number of nitrogens with one attached hydrogen (secondary N) is 2. The van der Waals surface area contributed by atoms with Crippen LogP contribution in [0.15, 0.2) is 35.7 Å². The molecular formula is C14H12ClN3OS. The van der Waals surface area contributed by atoms with Gasteiger partial charge in [0.05, 0.1) is 22.1 Å². The smallest absolute Gasteiger partial charge is 0.263 e. The van der Waals surface area contributed by atoms with Crippen LogP contribution in [0.2, 0.25) is 5.02 Å². The minimum atomic E-state index is -0.215. The topological polar surface area (TPSA) is 57.8 Å². The first kappa shape index (κ1) is 13.1. The molecule has 0 saturated carbocycles. The van der Waals surface area contributed by atoms with Crippen molar-refractivity contribution in [2.45, 2.75) is 13.0 Å². The van der Waals surface area contributed by atoms with E-state index in [0.29, 0.717) is 9.90 Å². The van der Waals surface area contributed by atoms with Gasteiger partial charge in [-0.15, -0.1) is 11.3 Å². The fourth-order valence-corrected chi connectivity index (χ4v) is 3.01. The number of halogens is 1. The summed E-state index contributed by atoms with van der Waals surface area (Å²) >= 11 is 7.28. The average molecular weight is 306 g/mol. The van der Waals surface area contributed by atoms with Crippen LogP contribution < -0.4 is 5.32 Å². The number of hydrogen-bond donors (Lipinski definition) is 2. The third-order valence-corrected chi connectivity index (χ3v) is 4.33. The lowest BCUT2D eigenvalue weighted by molar-refractivity contribution is 0.0942. The number of aromatic amines is 1. The minimum absolute atomic E-state index is 0.182. The van der Waals surface area contributed by atoms with Gasteiger partial charge in [-0.2, -0.15) is 0 Å². The normalized spacial score (nSPS) is 12.5. The van der Waals surface area contributed by atoms with Gasteiger partial charge in [0.15, 0.2) is 0 Å². The Morgan fingerprint density at radius 1 is 1.40 bits per heavy atom. The van der Waals surface area contributed by atoms with E-state index in [4.69, 9.17) is 11.6 Å². The number of carbonyl (C=O) groups excluding carboxylic acids is 1. The number of thiophene rings is 1. The van der Waals surface area contributed by atoms with Crippen LogP contribution >= 0.6 is 22.9 Å². The monoisotopic (exact) mass is 305 g/mol. The molecular weight excluding hydrogens is 294 g/mol. The van der Waals surface area contributed by atoms with E-state index in [1.807, 2.05) is 31.2 Å². The average Bonchev–Trinajstić information content (AvgIpc) is 3.04. The zero-order chi connectivity index (χ0) is 14.1. The number of hydrogen-bond acceptors (Lipinski definition) is 3. The maximum absolute atomic E-state index is 12.1. The fraction of sp³-hybridized carbons (Fsp3) is 0.143. The molecule has 1 aromatic carbocycles. The van der Waals surface area contributed by atoms with Crippen LogP contribution in [0.25, 0.3) is 11.0 Å². The number of amides is 1. The molecule has 2 N–H and O–H groups in total. The highest BCUT2D eigenvalue weighted by atomic mass is 35.5. The molecule has 102 valence electrons.